The van der Waals surface area contributed by atoms with E-state index in [0.29, 0.717) is 6.54 Å². The summed E-state index contributed by atoms with van der Waals surface area (Å²) in [6.07, 6.45) is -6.15. The van der Waals surface area contributed by atoms with Gasteiger partial charge < -0.3 is 15.1 Å². The van der Waals surface area contributed by atoms with E-state index < -0.39 is 24.3 Å². The van der Waals surface area contributed by atoms with Crippen LogP contribution in [0.2, 0.25) is 0 Å². The number of carbonyl (C=O) groups is 3. The first-order valence-corrected chi connectivity index (χ1v) is 12.1. The minimum Gasteiger partial charge on any atom is -0.475 e. The van der Waals surface area contributed by atoms with E-state index in [-0.39, 0.29) is 11.9 Å². The molecule has 0 aliphatic carbocycles. The summed E-state index contributed by atoms with van der Waals surface area (Å²) in [5, 5.41) is 19.8. The molecule has 2 N–H and O–H groups in total. The van der Waals surface area contributed by atoms with E-state index >= 15 is 0 Å². The van der Waals surface area contributed by atoms with Gasteiger partial charge in [0.25, 0.3) is 0 Å². The quantitative estimate of drug-likeness (QED) is 0.441. The summed E-state index contributed by atoms with van der Waals surface area (Å²) >= 11 is 0. The third kappa shape index (κ3) is 8.64. The van der Waals surface area contributed by atoms with Crippen molar-refractivity contribution in [2.75, 3.05) is 19.6 Å². The first-order valence-electron chi connectivity index (χ1n) is 12.1. The Kier molecular flexibility index (Phi) is 9.91. The fourth-order valence-corrected chi connectivity index (χ4v) is 4.24. The minimum atomic E-state index is -5.08. The summed E-state index contributed by atoms with van der Waals surface area (Å²) in [6, 6.07) is 14.2. The number of halogens is 6. The topological polar surface area (TPSA) is 129 Å². The van der Waals surface area contributed by atoms with Gasteiger partial charge in [-0.15, -0.1) is 0 Å². The highest BCUT2D eigenvalue weighted by Crippen LogP contribution is 2.25. The zero-order chi connectivity index (χ0) is 30.4. The molecule has 1 fully saturated rings. The van der Waals surface area contributed by atoms with E-state index in [1.807, 2.05) is 33.8 Å². The number of pyridine rings is 1. The molecule has 0 radical (unpaired) electrons. The van der Waals surface area contributed by atoms with Crippen LogP contribution in [-0.4, -0.2) is 84.6 Å². The molecule has 2 aliphatic heterocycles. The number of likely N-dealkylation sites (tertiary alicyclic amines) is 1. The Bertz CT molecular complexity index is 1350. The van der Waals surface area contributed by atoms with Gasteiger partial charge in [-0.1, -0.05) is 24.3 Å². The van der Waals surface area contributed by atoms with Crippen LogP contribution in [0.4, 0.5) is 26.3 Å². The lowest BCUT2D eigenvalue weighted by atomic mass is 10.1. The van der Waals surface area contributed by atoms with Crippen LogP contribution in [0.3, 0.4) is 0 Å². The van der Waals surface area contributed by atoms with Gasteiger partial charge in [-0.2, -0.15) is 31.4 Å². The fraction of sp³-hybridized carbons (Fsp3) is 0.400. The second-order valence-corrected chi connectivity index (χ2v) is 9.09. The fourth-order valence-electron chi connectivity index (χ4n) is 4.24. The molecule has 41 heavy (non-hydrogen) atoms. The third-order valence-electron chi connectivity index (χ3n) is 6.09. The van der Waals surface area contributed by atoms with Gasteiger partial charge in [0, 0.05) is 44.3 Å². The van der Waals surface area contributed by atoms with Crippen molar-refractivity contribution in [2.45, 2.75) is 44.3 Å². The molecule has 0 bridgehead atoms. The summed E-state index contributed by atoms with van der Waals surface area (Å²) in [5.74, 6) is -5.31. The molecule has 5 rings (SSSR count). The third-order valence-corrected chi connectivity index (χ3v) is 6.09. The predicted octanol–water partition coefficient (Wildman–Crippen LogP) is 3.88. The lowest BCUT2D eigenvalue weighted by Gasteiger charge is -2.34. The van der Waals surface area contributed by atoms with E-state index in [4.69, 9.17) is 24.8 Å². The second-order valence-electron chi connectivity index (χ2n) is 9.09. The predicted molar refractivity (Wildman–Crippen MR) is 130 cm³/mol. The Morgan fingerprint density at radius 3 is 2.05 bits per heavy atom. The highest BCUT2D eigenvalue weighted by Gasteiger charge is 2.39. The van der Waals surface area contributed by atoms with Crippen LogP contribution in [0.5, 0.6) is 0 Å². The van der Waals surface area contributed by atoms with Crippen molar-refractivity contribution in [3.63, 3.8) is 0 Å². The molecular formula is C25H25F6N5O5. The zero-order valence-electron chi connectivity index (χ0n) is 21.3. The minimum absolute atomic E-state index is 0.202. The normalized spacial score (nSPS) is 17.1. The van der Waals surface area contributed by atoms with Gasteiger partial charge >= 0.3 is 24.3 Å². The Hall–Kier alpha value is -4.21. The second kappa shape index (κ2) is 13.0. The van der Waals surface area contributed by atoms with E-state index in [1.165, 1.54) is 0 Å². The van der Waals surface area contributed by atoms with E-state index in [1.54, 1.807) is 6.20 Å². The zero-order valence-corrected chi connectivity index (χ0v) is 21.3. The van der Waals surface area contributed by atoms with Crippen molar-refractivity contribution in [3.05, 3.63) is 60.0 Å². The summed E-state index contributed by atoms with van der Waals surface area (Å²) in [5.41, 5.74) is 3.15. The van der Waals surface area contributed by atoms with Crippen LogP contribution in [-0.2, 0) is 27.5 Å². The molecule has 2 aliphatic rings. The molecule has 1 saturated heterocycles. The summed E-state index contributed by atoms with van der Waals surface area (Å²) in [7, 11) is 0. The van der Waals surface area contributed by atoms with Gasteiger partial charge in [0.1, 0.15) is 6.04 Å². The molecule has 4 heterocycles. The van der Waals surface area contributed by atoms with Gasteiger partial charge in [-0.25, -0.2) is 9.59 Å². The van der Waals surface area contributed by atoms with Crippen molar-refractivity contribution in [3.8, 4) is 0 Å². The maximum Gasteiger partial charge on any atom is 0.490 e. The molecule has 16 heteroatoms. The Balaban J connectivity index is 0.000000276. The summed E-state index contributed by atoms with van der Waals surface area (Å²) in [6.45, 7) is 3.95. The number of carbonyl (C=O) groups excluding carboxylic acids is 1. The van der Waals surface area contributed by atoms with E-state index in [9.17, 15) is 31.1 Å². The van der Waals surface area contributed by atoms with Gasteiger partial charge in [-0.3, -0.25) is 19.4 Å². The smallest absolute Gasteiger partial charge is 0.475 e. The summed E-state index contributed by atoms with van der Waals surface area (Å²) < 4.78 is 65.4. The maximum absolute atomic E-state index is 13.1. The maximum atomic E-state index is 13.1. The largest absolute Gasteiger partial charge is 0.490 e. The SMILES string of the molecule is O=C(C1CN(Cc2ccc3ccccc3n2)Cc2ccnn21)N1CCCC1.O=C(O)C(F)(F)F.O=C(O)C(F)(F)F. The van der Waals surface area contributed by atoms with E-state index in [2.05, 4.69) is 28.2 Å². The van der Waals surface area contributed by atoms with Gasteiger partial charge in [0.2, 0.25) is 5.91 Å². The Morgan fingerprint density at radius 2 is 1.46 bits per heavy atom. The number of hydrogen-bond acceptors (Lipinski definition) is 6. The summed E-state index contributed by atoms with van der Waals surface area (Å²) in [4.78, 5) is 40.0. The molecule has 2 aromatic heterocycles. The van der Waals surface area contributed by atoms with Crippen molar-refractivity contribution < 1.29 is 50.9 Å². The van der Waals surface area contributed by atoms with E-state index in [0.717, 1.165) is 61.3 Å². The van der Waals surface area contributed by atoms with Crippen molar-refractivity contribution in [1.29, 1.82) is 0 Å². The average molecular weight is 589 g/mol. The molecule has 1 amide bonds. The first kappa shape index (κ1) is 31.3. The standard InChI is InChI=1S/C21H23N5O.2C2HF3O2/c27-21(25-11-3-4-12-25)20-15-24(14-18-9-10-22-26(18)20)13-17-8-7-16-5-1-2-6-19(16)23-17;2*3-2(4,5)1(6)7/h1-2,5-10,20H,3-4,11-15H2;2*(H,6,7). The van der Waals surface area contributed by atoms with Crippen LogP contribution < -0.4 is 0 Å². The molecule has 222 valence electrons. The van der Waals surface area contributed by atoms with Gasteiger partial charge in [0.05, 0.1) is 16.9 Å². The number of para-hydroxylation sites is 1. The molecule has 1 unspecified atom stereocenters. The van der Waals surface area contributed by atoms with Crippen LogP contribution in [0.15, 0.2) is 48.7 Å². The number of rotatable bonds is 3. The Morgan fingerprint density at radius 1 is 0.878 bits per heavy atom. The van der Waals surface area contributed by atoms with Crippen LogP contribution >= 0.6 is 0 Å². The molecule has 3 aromatic rings. The lowest BCUT2D eigenvalue weighted by Crippen LogP contribution is -2.45. The number of carboxylic acid groups (broad SMARTS) is 2. The average Bonchev–Trinajstić information content (AvgIpc) is 3.60. The number of hydrogen-bond donors (Lipinski definition) is 2. The van der Waals surface area contributed by atoms with Crippen LogP contribution in [0.25, 0.3) is 10.9 Å². The van der Waals surface area contributed by atoms with Crippen LogP contribution in [0, 0.1) is 0 Å². The number of alkyl halides is 6. The van der Waals surface area contributed by atoms with Crippen molar-refractivity contribution in [1.82, 2.24) is 24.6 Å². The lowest BCUT2D eigenvalue weighted by molar-refractivity contribution is -0.193. The molecular weight excluding hydrogens is 564 g/mol. The van der Waals surface area contributed by atoms with Crippen molar-refractivity contribution in [2.24, 2.45) is 0 Å². The molecule has 10 nitrogen and oxygen atoms in total. The molecule has 0 saturated carbocycles. The first-order chi connectivity index (χ1) is 19.2. The van der Waals surface area contributed by atoms with Crippen LogP contribution in [0.1, 0.15) is 30.3 Å². The number of amides is 1. The van der Waals surface area contributed by atoms with Gasteiger partial charge in [0.15, 0.2) is 0 Å². The number of benzene rings is 1. The molecule has 1 aromatic carbocycles. The number of aromatic nitrogens is 3. The number of nitrogens with zero attached hydrogens (tertiary/aromatic N) is 5. The number of fused-ring (bicyclic) bond motifs is 2. The Labute approximate surface area is 228 Å². The number of aliphatic carboxylic acids is 2. The molecule has 0 spiro atoms. The number of carboxylic acids is 2. The highest BCUT2D eigenvalue weighted by molar-refractivity contribution is 5.81. The van der Waals surface area contributed by atoms with Crippen molar-refractivity contribution >= 4 is 28.7 Å². The van der Waals surface area contributed by atoms with Gasteiger partial charge in [-0.05, 0) is 31.0 Å². The molecule has 1 atom stereocenters. The highest BCUT2D eigenvalue weighted by atomic mass is 19.4. The monoisotopic (exact) mass is 589 g/mol.